The van der Waals surface area contributed by atoms with Gasteiger partial charge in [-0.2, -0.15) is 0 Å². The van der Waals surface area contributed by atoms with Gasteiger partial charge >= 0.3 is 0 Å². The van der Waals surface area contributed by atoms with E-state index in [1.807, 2.05) is 24.2 Å². The molecular weight excluding hydrogens is 418 g/mol. The fourth-order valence-corrected chi connectivity index (χ4v) is 5.92. The van der Waals surface area contributed by atoms with Gasteiger partial charge in [-0.1, -0.05) is 90.1 Å². The van der Waals surface area contributed by atoms with Crippen molar-refractivity contribution in [3.05, 3.63) is 115 Å². The normalized spacial score (nSPS) is 11.5. The van der Waals surface area contributed by atoms with Crippen molar-refractivity contribution in [2.45, 2.75) is 23.6 Å². The van der Waals surface area contributed by atoms with Crippen LogP contribution in [0.5, 0.6) is 0 Å². The summed E-state index contributed by atoms with van der Waals surface area (Å²) in [6.07, 6.45) is 3.94. The molecule has 0 radical (unpaired) electrons. The molecule has 0 aliphatic heterocycles. The van der Waals surface area contributed by atoms with Crippen molar-refractivity contribution in [3.8, 4) is 11.1 Å². The van der Waals surface area contributed by atoms with Gasteiger partial charge in [-0.15, -0.1) is 0 Å². The van der Waals surface area contributed by atoms with Crippen molar-refractivity contribution >= 4 is 44.1 Å². The molecule has 0 bridgehead atoms. The van der Waals surface area contributed by atoms with E-state index < -0.39 is 0 Å². The van der Waals surface area contributed by atoms with Gasteiger partial charge in [-0.05, 0) is 75.7 Å². The van der Waals surface area contributed by atoms with Crippen LogP contribution in [0.3, 0.4) is 0 Å². The molecular formula is C31H23NS. The Bertz CT molecular complexity index is 1610. The van der Waals surface area contributed by atoms with Crippen molar-refractivity contribution in [2.75, 3.05) is 0 Å². The van der Waals surface area contributed by atoms with Gasteiger partial charge in [0.2, 0.25) is 0 Å². The lowest BCUT2D eigenvalue weighted by molar-refractivity contribution is 1.26. The molecule has 6 rings (SSSR count). The van der Waals surface area contributed by atoms with E-state index in [1.54, 1.807) is 0 Å². The average Bonchev–Trinajstić information content (AvgIpc) is 2.85. The van der Waals surface area contributed by atoms with E-state index in [9.17, 15) is 0 Å². The van der Waals surface area contributed by atoms with E-state index in [0.717, 1.165) is 0 Å². The number of hydrogen-bond acceptors (Lipinski definition) is 2. The van der Waals surface area contributed by atoms with Gasteiger partial charge in [0.25, 0.3) is 0 Å². The van der Waals surface area contributed by atoms with Crippen LogP contribution in [0.4, 0.5) is 0 Å². The van der Waals surface area contributed by atoms with E-state index in [0.29, 0.717) is 0 Å². The molecule has 1 aromatic heterocycles. The molecule has 0 aliphatic carbocycles. The quantitative estimate of drug-likeness (QED) is 0.254. The van der Waals surface area contributed by atoms with E-state index in [2.05, 4.69) is 110 Å². The lowest BCUT2D eigenvalue weighted by Crippen LogP contribution is -1.91. The van der Waals surface area contributed by atoms with Crippen LogP contribution >= 0.6 is 11.8 Å². The number of hydrogen-bond donors (Lipinski definition) is 0. The van der Waals surface area contributed by atoms with Crippen molar-refractivity contribution in [3.63, 3.8) is 0 Å². The Kier molecular flexibility index (Phi) is 4.89. The molecule has 1 heterocycles. The largest absolute Gasteiger partial charge is 0.264 e. The fourth-order valence-electron chi connectivity index (χ4n) is 4.77. The standard InChI is InChI=1S/C31H23NS/c1-20-11-14-29(21(2)17-20)33-31-26-10-6-5-9-25(26)30(28-19-32-16-15-27(28)31)24-13-12-22-7-3-4-8-23(22)18-24/h3-19H,1-2H3. The summed E-state index contributed by atoms with van der Waals surface area (Å²) < 4.78 is 0. The number of aromatic nitrogens is 1. The van der Waals surface area contributed by atoms with Crippen LogP contribution in [0.1, 0.15) is 11.1 Å². The zero-order chi connectivity index (χ0) is 22.4. The minimum atomic E-state index is 1.19. The Balaban J connectivity index is 1.67. The highest BCUT2D eigenvalue weighted by Gasteiger charge is 2.17. The topological polar surface area (TPSA) is 12.9 Å². The number of benzene rings is 5. The van der Waals surface area contributed by atoms with Crippen molar-refractivity contribution in [1.29, 1.82) is 0 Å². The summed E-state index contributed by atoms with van der Waals surface area (Å²) in [7, 11) is 0. The first-order valence-corrected chi connectivity index (χ1v) is 12.0. The summed E-state index contributed by atoms with van der Waals surface area (Å²) in [6, 6.07) is 33.0. The van der Waals surface area contributed by atoms with Crippen LogP contribution in [0.2, 0.25) is 0 Å². The molecule has 0 saturated carbocycles. The van der Waals surface area contributed by atoms with Crippen molar-refractivity contribution in [1.82, 2.24) is 4.98 Å². The summed E-state index contributed by atoms with van der Waals surface area (Å²) in [5.74, 6) is 0. The van der Waals surface area contributed by atoms with Crippen LogP contribution < -0.4 is 0 Å². The third kappa shape index (κ3) is 3.48. The maximum absolute atomic E-state index is 4.54. The van der Waals surface area contributed by atoms with E-state index in [1.165, 1.54) is 64.4 Å². The second-order valence-electron chi connectivity index (χ2n) is 8.60. The number of rotatable bonds is 3. The summed E-state index contributed by atoms with van der Waals surface area (Å²) in [4.78, 5) is 7.12. The Morgan fingerprint density at radius 1 is 0.636 bits per heavy atom. The molecule has 5 aromatic carbocycles. The Morgan fingerprint density at radius 3 is 2.24 bits per heavy atom. The molecule has 158 valence electrons. The molecule has 1 nitrogen and oxygen atoms in total. The van der Waals surface area contributed by atoms with Gasteiger partial charge < -0.3 is 0 Å². The van der Waals surface area contributed by atoms with Gasteiger partial charge in [0.15, 0.2) is 0 Å². The number of aryl methyl sites for hydroxylation is 2. The third-order valence-electron chi connectivity index (χ3n) is 6.36. The first-order chi connectivity index (χ1) is 16.2. The molecule has 33 heavy (non-hydrogen) atoms. The smallest absolute Gasteiger partial charge is 0.0353 e. The summed E-state index contributed by atoms with van der Waals surface area (Å²) in [6.45, 7) is 4.35. The highest BCUT2D eigenvalue weighted by molar-refractivity contribution is 7.99. The summed E-state index contributed by atoms with van der Waals surface area (Å²) >= 11 is 1.86. The highest BCUT2D eigenvalue weighted by atomic mass is 32.2. The number of fused-ring (bicyclic) bond motifs is 3. The summed E-state index contributed by atoms with van der Waals surface area (Å²) in [5.41, 5.74) is 5.09. The molecule has 0 unspecified atom stereocenters. The summed E-state index contributed by atoms with van der Waals surface area (Å²) in [5, 5.41) is 7.50. The molecule has 0 spiro atoms. The van der Waals surface area contributed by atoms with Crippen molar-refractivity contribution in [2.24, 2.45) is 0 Å². The SMILES string of the molecule is Cc1ccc(Sc2c3ccccc3c(-c3ccc4ccccc4c3)c3cnccc23)c(C)c1. The van der Waals surface area contributed by atoms with E-state index in [4.69, 9.17) is 0 Å². The second-order valence-corrected chi connectivity index (χ2v) is 9.66. The highest BCUT2D eigenvalue weighted by Crippen LogP contribution is 2.45. The average molecular weight is 442 g/mol. The molecule has 2 heteroatoms. The maximum atomic E-state index is 4.54. The second kappa shape index (κ2) is 8.06. The van der Waals surface area contributed by atoms with E-state index in [-0.39, 0.29) is 0 Å². The van der Waals surface area contributed by atoms with Gasteiger partial charge in [-0.25, -0.2) is 0 Å². The molecule has 0 atom stereocenters. The molecule has 6 aromatic rings. The molecule has 0 amide bonds. The number of pyridine rings is 1. The third-order valence-corrected chi connectivity index (χ3v) is 7.68. The lowest BCUT2D eigenvalue weighted by atomic mass is 9.92. The van der Waals surface area contributed by atoms with Crippen LogP contribution in [0.15, 0.2) is 113 Å². The molecule has 0 aliphatic rings. The first-order valence-electron chi connectivity index (χ1n) is 11.2. The minimum absolute atomic E-state index is 1.19. The van der Waals surface area contributed by atoms with Crippen LogP contribution in [-0.4, -0.2) is 4.98 Å². The zero-order valence-corrected chi connectivity index (χ0v) is 19.5. The van der Waals surface area contributed by atoms with Gasteiger partial charge in [0.05, 0.1) is 0 Å². The predicted molar refractivity (Wildman–Crippen MR) is 142 cm³/mol. The van der Waals surface area contributed by atoms with Gasteiger partial charge in [0, 0.05) is 27.6 Å². The van der Waals surface area contributed by atoms with Crippen LogP contribution in [-0.2, 0) is 0 Å². The van der Waals surface area contributed by atoms with Gasteiger partial charge in [-0.3, -0.25) is 4.98 Å². The molecule has 0 N–H and O–H groups in total. The maximum Gasteiger partial charge on any atom is 0.0353 e. The molecule has 0 fully saturated rings. The predicted octanol–water partition coefficient (Wildman–Crippen LogP) is 8.98. The monoisotopic (exact) mass is 441 g/mol. The Hall–Kier alpha value is -3.62. The van der Waals surface area contributed by atoms with Crippen LogP contribution in [0, 0.1) is 13.8 Å². The molecule has 0 saturated heterocycles. The van der Waals surface area contributed by atoms with E-state index >= 15 is 0 Å². The zero-order valence-electron chi connectivity index (χ0n) is 18.7. The first kappa shape index (κ1) is 20.0. The number of nitrogens with zero attached hydrogens (tertiary/aromatic N) is 1. The minimum Gasteiger partial charge on any atom is -0.264 e. The van der Waals surface area contributed by atoms with Crippen molar-refractivity contribution < 1.29 is 0 Å². The Labute approximate surface area is 198 Å². The van der Waals surface area contributed by atoms with Gasteiger partial charge in [0.1, 0.15) is 0 Å². The van der Waals surface area contributed by atoms with Crippen LogP contribution in [0.25, 0.3) is 43.4 Å². The lowest BCUT2D eigenvalue weighted by Gasteiger charge is -2.17. The Morgan fingerprint density at radius 2 is 1.39 bits per heavy atom. The fraction of sp³-hybridized carbons (Fsp3) is 0.0645.